The summed E-state index contributed by atoms with van der Waals surface area (Å²) < 4.78 is 41.3. The number of hydrogen-bond acceptors (Lipinski definition) is 2. The summed E-state index contributed by atoms with van der Waals surface area (Å²) >= 11 is 17.7. The van der Waals surface area contributed by atoms with E-state index in [4.69, 9.17) is 34.8 Å². The minimum Gasteiger partial charge on any atom is -0.356 e. The van der Waals surface area contributed by atoms with Crippen LogP contribution in [0.2, 0.25) is 15.1 Å². The van der Waals surface area contributed by atoms with Crippen LogP contribution in [0.15, 0.2) is 36.4 Å². The van der Waals surface area contributed by atoms with Gasteiger partial charge in [0, 0.05) is 18.5 Å². The van der Waals surface area contributed by atoms with Gasteiger partial charge in [-0.1, -0.05) is 65.2 Å². The Bertz CT molecular complexity index is 1120. The van der Waals surface area contributed by atoms with Gasteiger partial charge in [-0.2, -0.15) is 13.2 Å². The Morgan fingerprint density at radius 3 is 2.24 bits per heavy atom. The van der Waals surface area contributed by atoms with E-state index >= 15 is 0 Å². The largest absolute Gasteiger partial charge is 0.399 e. The molecule has 0 saturated heterocycles. The standard InChI is InChI=1S/C25H23Cl3F3NO2/c1-3-32-23(34)24(8-9-24)13-21(33)17-6-4-15(10-14(17)2)5-7-18(25(29,30)31)16-11-19(26)22(28)20(27)12-16/h4-7,10-12,18H,3,8-9,13H2,1-2H3,(H,32,34)/b7-5+. The molecule has 0 aliphatic heterocycles. The van der Waals surface area contributed by atoms with E-state index in [0.717, 1.165) is 18.2 Å². The summed E-state index contributed by atoms with van der Waals surface area (Å²) in [4.78, 5) is 25.1. The number of aryl methyl sites for hydroxylation is 1. The van der Waals surface area contributed by atoms with Gasteiger partial charge in [-0.25, -0.2) is 0 Å². The second-order valence-electron chi connectivity index (χ2n) is 8.49. The Labute approximate surface area is 211 Å². The fourth-order valence-corrected chi connectivity index (χ4v) is 4.47. The zero-order chi connectivity index (χ0) is 25.3. The van der Waals surface area contributed by atoms with Crippen LogP contribution in [0.3, 0.4) is 0 Å². The zero-order valence-electron chi connectivity index (χ0n) is 18.5. The molecule has 0 bridgehead atoms. The third-order valence-electron chi connectivity index (χ3n) is 5.92. The number of hydrogen-bond donors (Lipinski definition) is 1. The number of nitrogens with one attached hydrogen (secondary N) is 1. The van der Waals surface area contributed by atoms with Crippen molar-refractivity contribution in [1.82, 2.24) is 5.32 Å². The first kappa shape index (κ1) is 26.6. The Morgan fingerprint density at radius 1 is 1.12 bits per heavy atom. The van der Waals surface area contributed by atoms with Gasteiger partial charge in [0.1, 0.15) is 0 Å². The molecule has 1 unspecified atom stereocenters. The molecule has 0 heterocycles. The summed E-state index contributed by atoms with van der Waals surface area (Å²) in [6.45, 7) is 4.05. The molecule has 2 aromatic carbocycles. The molecule has 1 aliphatic carbocycles. The normalized spacial score (nSPS) is 15.9. The molecule has 1 fully saturated rings. The Balaban J connectivity index is 1.81. The number of alkyl halides is 3. The van der Waals surface area contributed by atoms with E-state index in [1.807, 2.05) is 6.92 Å². The number of rotatable bonds is 8. The highest BCUT2D eigenvalue weighted by atomic mass is 35.5. The maximum atomic E-state index is 13.8. The number of halogens is 6. The molecular weight excluding hydrogens is 510 g/mol. The average molecular weight is 533 g/mol. The van der Waals surface area contributed by atoms with Crippen molar-refractivity contribution < 1.29 is 22.8 Å². The van der Waals surface area contributed by atoms with Gasteiger partial charge in [-0.3, -0.25) is 9.59 Å². The van der Waals surface area contributed by atoms with Crippen LogP contribution in [0.1, 0.15) is 59.2 Å². The van der Waals surface area contributed by atoms with Crippen molar-refractivity contribution in [3.05, 3.63) is 73.7 Å². The highest BCUT2D eigenvalue weighted by molar-refractivity contribution is 6.48. The summed E-state index contributed by atoms with van der Waals surface area (Å²) in [5.41, 5.74) is 0.807. The smallest absolute Gasteiger partial charge is 0.356 e. The lowest BCUT2D eigenvalue weighted by Crippen LogP contribution is -2.33. The van der Waals surface area contributed by atoms with Crippen LogP contribution in [0, 0.1) is 12.3 Å². The quantitative estimate of drug-likeness (QED) is 0.278. The van der Waals surface area contributed by atoms with Crippen LogP contribution in [0.5, 0.6) is 0 Å². The molecule has 182 valence electrons. The van der Waals surface area contributed by atoms with Gasteiger partial charge < -0.3 is 5.32 Å². The number of Topliss-reactive ketones (excluding diaryl/α,β-unsaturated/α-hetero) is 1. The number of amides is 1. The Hall–Kier alpha value is -2.02. The third kappa shape index (κ3) is 5.96. The first-order chi connectivity index (χ1) is 15.9. The van der Waals surface area contributed by atoms with Crippen LogP contribution >= 0.6 is 34.8 Å². The molecule has 0 aromatic heterocycles. The fraction of sp³-hybridized carbons (Fsp3) is 0.360. The maximum absolute atomic E-state index is 13.8. The Morgan fingerprint density at radius 2 is 1.74 bits per heavy atom. The third-order valence-corrected chi connectivity index (χ3v) is 7.12. The van der Waals surface area contributed by atoms with E-state index in [1.54, 1.807) is 25.1 Å². The van der Waals surface area contributed by atoms with Gasteiger partial charge in [0.25, 0.3) is 0 Å². The van der Waals surface area contributed by atoms with Gasteiger partial charge >= 0.3 is 6.18 Å². The lowest BCUT2D eigenvalue weighted by molar-refractivity contribution is -0.139. The molecule has 9 heteroatoms. The van der Waals surface area contributed by atoms with Crippen LogP contribution in [0.4, 0.5) is 13.2 Å². The lowest BCUT2D eigenvalue weighted by atomic mass is 9.91. The van der Waals surface area contributed by atoms with E-state index in [-0.39, 0.29) is 38.7 Å². The summed E-state index contributed by atoms with van der Waals surface area (Å²) in [6.07, 6.45) is -0.778. The van der Waals surface area contributed by atoms with E-state index in [2.05, 4.69) is 5.32 Å². The van der Waals surface area contributed by atoms with Crippen molar-refractivity contribution in [2.45, 2.75) is 45.2 Å². The predicted octanol–water partition coefficient (Wildman–Crippen LogP) is 7.80. The van der Waals surface area contributed by atoms with Gasteiger partial charge in [0.15, 0.2) is 5.78 Å². The summed E-state index contributed by atoms with van der Waals surface area (Å²) in [6, 6.07) is 7.10. The van der Waals surface area contributed by atoms with E-state index in [9.17, 15) is 22.8 Å². The molecule has 3 rings (SSSR count). The number of allylic oxidation sites excluding steroid dienone is 1. The van der Waals surface area contributed by atoms with Crippen molar-refractivity contribution in [3.8, 4) is 0 Å². The molecule has 1 atom stereocenters. The monoisotopic (exact) mass is 531 g/mol. The summed E-state index contributed by atoms with van der Waals surface area (Å²) in [5.74, 6) is -2.22. The van der Waals surface area contributed by atoms with Crippen LogP contribution < -0.4 is 5.32 Å². The molecule has 34 heavy (non-hydrogen) atoms. The lowest BCUT2D eigenvalue weighted by Gasteiger charge is -2.18. The average Bonchev–Trinajstić information content (AvgIpc) is 3.52. The molecule has 1 aliphatic rings. The Kier molecular flexibility index (Phi) is 8.06. The van der Waals surface area contributed by atoms with Crippen molar-refractivity contribution in [2.24, 2.45) is 5.41 Å². The van der Waals surface area contributed by atoms with Crippen molar-refractivity contribution >= 4 is 52.6 Å². The van der Waals surface area contributed by atoms with E-state index in [0.29, 0.717) is 36.1 Å². The van der Waals surface area contributed by atoms with Crippen molar-refractivity contribution in [2.75, 3.05) is 6.54 Å². The fourth-order valence-electron chi connectivity index (χ4n) is 3.86. The topological polar surface area (TPSA) is 46.2 Å². The molecular formula is C25H23Cl3F3NO2. The van der Waals surface area contributed by atoms with Gasteiger partial charge in [0.2, 0.25) is 5.91 Å². The minimum atomic E-state index is -4.58. The van der Waals surface area contributed by atoms with Gasteiger partial charge in [-0.05, 0) is 55.5 Å². The molecule has 1 amide bonds. The number of carbonyl (C=O) groups excluding carboxylic acids is 2. The van der Waals surface area contributed by atoms with E-state index in [1.165, 1.54) is 6.08 Å². The molecule has 1 saturated carbocycles. The predicted molar refractivity (Wildman–Crippen MR) is 130 cm³/mol. The van der Waals surface area contributed by atoms with Gasteiger partial charge in [0.05, 0.1) is 26.4 Å². The summed E-state index contributed by atoms with van der Waals surface area (Å²) in [5, 5.41) is 2.64. The van der Waals surface area contributed by atoms with Crippen LogP contribution in [-0.2, 0) is 4.79 Å². The SMILES string of the molecule is CCNC(=O)C1(CC(=O)c2ccc(/C=C/C(c3cc(Cl)c(Cl)c(Cl)c3)C(F)(F)F)cc2C)CC1. The second-order valence-corrected chi connectivity index (χ2v) is 9.68. The molecule has 1 N–H and O–H groups in total. The molecule has 2 aromatic rings. The summed E-state index contributed by atoms with van der Waals surface area (Å²) in [7, 11) is 0. The van der Waals surface area contributed by atoms with Crippen LogP contribution in [0.25, 0.3) is 6.08 Å². The maximum Gasteiger partial charge on any atom is 0.399 e. The second kappa shape index (κ2) is 10.3. The molecule has 0 radical (unpaired) electrons. The minimum absolute atomic E-state index is 0.00646. The highest BCUT2D eigenvalue weighted by Crippen LogP contribution is 2.49. The highest BCUT2D eigenvalue weighted by Gasteiger charge is 2.50. The van der Waals surface area contributed by atoms with Gasteiger partial charge in [-0.15, -0.1) is 0 Å². The zero-order valence-corrected chi connectivity index (χ0v) is 20.8. The molecule has 0 spiro atoms. The molecule has 3 nitrogen and oxygen atoms in total. The van der Waals surface area contributed by atoms with Crippen LogP contribution in [-0.4, -0.2) is 24.4 Å². The number of carbonyl (C=O) groups is 2. The van der Waals surface area contributed by atoms with E-state index < -0.39 is 17.5 Å². The number of ketones is 1. The first-order valence-corrected chi connectivity index (χ1v) is 11.8. The van der Waals surface area contributed by atoms with Crippen molar-refractivity contribution in [3.63, 3.8) is 0 Å². The van der Waals surface area contributed by atoms with Crippen molar-refractivity contribution in [1.29, 1.82) is 0 Å². The number of benzene rings is 2. The first-order valence-electron chi connectivity index (χ1n) is 10.7.